The highest BCUT2D eigenvalue weighted by atomic mass is 35.5. The highest BCUT2D eigenvalue weighted by molar-refractivity contribution is 6.33. The van der Waals surface area contributed by atoms with E-state index in [4.69, 9.17) is 11.6 Å². The Morgan fingerprint density at radius 1 is 1.60 bits per heavy atom. The topological polar surface area (TPSA) is 56.2 Å². The van der Waals surface area contributed by atoms with Gasteiger partial charge < -0.3 is 10.1 Å². The van der Waals surface area contributed by atoms with Gasteiger partial charge in [-0.25, -0.2) is 9.48 Å². The predicted molar refractivity (Wildman–Crippen MR) is 78.7 cm³/mol. The van der Waals surface area contributed by atoms with Crippen LogP contribution in [0.25, 0.3) is 6.20 Å². The first-order valence-electron chi connectivity index (χ1n) is 5.91. The number of methoxy groups -OCH3 is 1. The molecule has 0 atom stereocenters. The van der Waals surface area contributed by atoms with E-state index in [9.17, 15) is 4.79 Å². The molecular formula is C14H14ClN3O2. The van der Waals surface area contributed by atoms with Gasteiger partial charge >= 0.3 is 5.97 Å². The van der Waals surface area contributed by atoms with Gasteiger partial charge in [0.25, 0.3) is 0 Å². The summed E-state index contributed by atoms with van der Waals surface area (Å²) in [4.78, 5) is 11.5. The van der Waals surface area contributed by atoms with Crippen molar-refractivity contribution in [1.29, 1.82) is 0 Å². The average Bonchev–Trinajstić information content (AvgIpc) is 2.93. The lowest BCUT2D eigenvalue weighted by Gasteiger charge is -2.08. The molecule has 2 rings (SSSR count). The van der Waals surface area contributed by atoms with Crippen molar-refractivity contribution in [3.63, 3.8) is 0 Å². The summed E-state index contributed by atoms with van der Waals surface area (Å²) in [5.74, 6) is -0.460. The van der Waals surface area contributed by atoms with Crippen LogP contribution in [0.15, 0.2) is 37.2 Å². The number of esters is 1. The van der Waals surface area contributed by atoms with Crippen molar-refractivity contribution in [3.05, 3.63) is 53.3 Å². The van der Waals surface area contributed by atoms with Crippen LogP contribution in [0.4, 0.5) is 5.69 Å². The number of hydrogen-bond acceptors (Lipinski definition) is 4. The molecule has 0 saturated heterocycles. The summed E-state index contributed by atoms with van der Waals surface area (Å²) < 4.78 is 6.30. The molecule has 0 saturated carbocycles. The molecule has 0 aliphatic rings. The van der Waals surface area contributed by atoms with Crippen LogP contribution in [0, 0.1) is 0 Å². The molecule has 6 heteroatoms. The van der Waals surface area contributed by atoms with Crippen LogP contribution in [0.5, 0.6) is 0 Å². The predicted octanol–water partition coefficient (Wildman–Crippen LogP) is 3.04. The van der Waals surface area contributed by atoms with E-state index in [1.165, 1.54) is 7.11 Å². The van der Waals surface area contributed by atoms with Crippen molar-refractivity contribution in [2.45, 2.75) is 6.54 Å². The van der Waals surface area contributed by atoms with Gasteiger partial charge in [-0.2, -0.15) is 5.10 Å². The molecule has 1 aromatic carbocycles. The number of halogens is 1. The summed E-state index contributed by atoms with van der Waals surface area (Å²) in [6, 6.07) is 5.11. The number of ether oxygens (including phenoxy) is 1. The van der Waals surface area contributed by atoms with Gasteiger partial charge in [0.05, 0.1) is 23.9 Å². The lowest BCUT2D eigenvalue weighted by atomic mass is 10.2. The monoisotopic (exact) mass is 291 g/mol. The number of carbonyl (C=O) groups excluding carboxylic acids is 1. The van der Waals surface area contributed by atoms with Gasteiger partial charge in [0.15, 0.2) is 0 Å². The fourth-order valence-electron chi connectivity index (χ4n) is 1.67. The SMILES string of the molecule is C=Cn1cc(CNc2ccc(Cl)c(C(=O)OC)c2)cn1. The Morgan fingerprint density at radius 2 is 2.40 bits per heavy atom. The maximum atomic E-state index is 11.5. The quantitative estimate of drug-likeness (QED) is 0.860. The van der Waals surface area contributed by atoms with Gasteiger partial charge in [-0.15, -0.1) is 0 Å². The minimum Gasteiger partial charge on any atom is -0.465 e. The van der Waals surface area contributed by atoms with E-state index in [0.29, 0.717) is 17.1 Å². The first-order valence-corrected chi connectivity index (χ1v) is 6.29. The van der Waals surface area contributed by atoms with Gasteiger partial charge in [-0.1, -0.05) is 18.2 Å². The van der Waals surface area contributed by atoms with Crippen LogP contribution in [-0.4, -0.2) is 22.9 Å². The maximum Gasteiger partial charge on any atom is 0.339 e. The minimum absolute atomic E-state index is 0.334. The number of anilines is 1. The van der Waals surface area contributed by atoms with Gasteiger partial charge in [0.1, 0.15) is 0 Å². The zero-order valence-electron chi connectivity index (χ0n) is 11.0. The van der Waals surface area contributed by atoms with Crippen molar-refractivity contribution in [3.8, 4) is 0 Å². The van der Waals surface area contributed by atoms with Crippen LogP contribution in [-0.2, 0) is 11.3 Å². The minimum atomic E-state index is -0.460. The van der Waals surface area contributed by atoms with Gasteiger partial charge in [-0.3, -0.25) is 0 Å². The highest BCUT2D eigenvalue weighted by Crippen LogP contribution is 2.21. The molecule has 104 valence electrons. The Hall–Kier alpha value is -2.27. The second-order valence-electron chi connectivity index (χ2n) is 4.05. The summed E-state index contributed by atoms with van der Waals surface area (Å²) in [5, 5.41) is 7.64. The highest BCUT2D eigenvalue weighted by Gasteiger charge is 2.11. The van der Waals surface area contributed by atoms with Crippen molar-refractivity contribution in [2.24, 2.45) is 0 Å². The largest absolute Gasteiger partial charge is 0.465 e. The number of hydrogen-bond donors (Lipinski definition) is 1. The molecule has 0 bridgehead atoms. The fraction of sp³-hybridized carbons (Fsp3) is 0.143. The Labute approximate surface area is 121 Å². The fourth-order valence-corrected chi connectivity index (χ4v) is 1.87. The van der Waals surface area contributed by atoms with Crippen LogP contribution in [0.2, 0.25) is 5.02 Å². The third kappa shape index (κ3) is 3.19. The third-order valence-corrected chi connectivity index (χ3v) is 3.04. The molecule has 0 aliphatic heterocycles. The Bertz CT molecular complexity index is 637. The molecule has 5 nitrogen and oxygen atoms in total. The van der Waals surface area contributed by atoms with E-state index in [1.54, 1.807) is 35.3 Å². The van der Waals surface area contributed by atoms with E-state index >= 15 is 0 Å². The van der Waals surface area contributed by atoms with Gasteiger partial charge in [0, 0.05) is 30.2 Å². The Morgan fingerprint density at radius 3 is 3.05 bits per heavy atom. The number of nitrogens with one attached hydrogen (secondary N) is 1. The van der Waals surface area contributed by atoms with Crippen LogP contribution in [0.1, 0.15) is 15.9 Å². The van der Waals surface area contributed by atoms with Crippen molar-refractivity contribution in [1.82, 2.24) is 9.78 Å². The summed E-state index contributed by atoms with van der Waals surface area (Å²) in [6.45, 7) is 4.21. The molecule has 1 N–H and O–H groups in total. The van der Waals surface area contributed by atoms with E-state index in [2.05, 4.69) is 21.7 Å². The number of nitrogens with zero attached hydrogens (tertiary/aromatic N) is 2. The van der Waals surface area contributed by atoms with E-state index in [-0.39, 0.29) is 0 Å². The molecule has 1 heterocycles. The van der Waals surface area contributed by atoms with Crippen LogP contribution in [0.3, 0.4) is 0 Å². The molecule has 0 spiro atoms. The average molecular weight is 292 g/mol. The second kappa shape index (κ2) is 6.25. The van der Waals surface area contributed by atoms with E-state index in [1.807, 2.05) is 6.20 Å². The second-order valence-corrected chi connectivity index (χ2v) is 4.46. The molecule has 2 aromatic rings. The summed E-state index contributed by atoms with van der Waals surface area (Å²) in [5.41, 5.74) is 2.11. The number of aromatic nitrogens is 2. The normalized spacial score (nSPS) is 10.1. The maximum absolute atomic E-state index is 11.5. The van der Waals surface area contributed by atoms with E-state index < -0.39 is 5.97 Å². The smallest absolute Gasteiger partial charge is 0.339 e. The van der Waals surface area contributed by atoms with Crippen LogP contribution < -0.4 is 5.32 Å². The first kappa shape index (κ1) is 14.1. The molecule has 0 amide bonds. The van der Waals surface area contributed by atoms with Crippen LogP contribution >= 0.6 is 11.6 Å². The summed E-state index contributed by atoms with van der Waals surface area (Å²) in [6.07, 6.45) is 5.21. The first-order chi connectivity index (χ1) is 9.63. The number of carbonyl (C=O) groups is 1. The number of rotatable bonds is 5. The van der Waals surface area contributed by atoms with E-state index in [0.717, 1.165) is 11.3 Å². The van der Waals surface area contributed by atoms with Gasteiger partial charge in [-0.05, 0) is 18.2 Å². The van der Waals surface area contributed by atoms with Gasteiger partial charge in [0.2, 0.25) is 0 Å². The summed E-state index contributed by atoms with van der Waals surface area (Å²) >= 11 is 5.96. The molecule has 0 fully saturated rings. The molecule has 20 heavy (non-hydrogen) atoms. The zero-order chi connectivity index (χ0) is 14.5. The molecular weight excluding hydrogens is 278 g/mol. The zero-order valence-corrected chi connectivity index (χ0v) is 11.7. The molecule has 1 aromatic heterocycles. The molecule has 0 aliphatic carbocycles. The molecule has 0 radical (unpaired) electrons. The summed E-state index contributed by atoms with van der Waals surface area (Å²) in [7, 11) is 1.32. The Kier molecular flexibility index (Phi) is 4.42. The lowest BCUT2D eigenvalue weighted by molar-refractivity contribution is 0.0601. The third-order valence-electron chi connectivity index (χ3n) is 2.71. The van der Waals surface area contributed by atoms with Crippen molar-refractivity contribution < 1.29 is 9.53 Å². The number of benzene rings is 1. The van der Waals surface area contributed by atoms with Crippen molar-refractivity contribution in [2.75, 3.05) is 12.4 Å². The molecule has 0 unspecified atom stereocenters. The Balaban J connectivity index is 2.09. The van der Waals surface area contributed by atoms with Crippen molar-refractivity contribution >= 4 is 29.5 Å². The standard InChI is InChI=1S/C14H14ClN3O2/c1-3-18-9-10(8-17-18)7-16-11-4-5-13(15)12(6-11)14(19)20-2/h3-6,8-9,16H,1,7H2,2H3. The lowest BCUT2D eigenvalue weighted by Crippen LogP contribution is -2.04.